The van der Waals surface area contributed by atoms with Gasteiger partial charge in [0.2, 0.25) is 10.0 Å². The standard InChI is InChI=1S/C26H34F3N5O5S/c1-2-3-18-39-22-7-5-21(6-8-22)32-14-16-34(17-15-32)40(37,38)25(24(35)31-36)10-12-33(13-11-25)23-9-4-20(19-30-23)26(27,28)29/h4-9,19,36H,2-3,10-18H2,1H3,(H,31,35). The molecule has 0 saturated carbocycles. The van der Waals surface area contributed by atoms with Gasteiger partial charge in [-0.15, -0.1) is 0 Å². The molecule has 3 heterocycles. The minimum Gasteiger partial charge on any atom is -0.494 e. The van der Waals surface area contributed by atoms with Crippen molar-refractivity contribution < 1.29 is 36.3 Å². The lowest BCUT2D eigenvalue weighted by atomic mass is 9.95. The Hall–Kier alpha value is -3.10. The second-order valence-corrected chi connectivity index (χ2v) is 12.2. The van der Waals surface area contributed by atoms with Crippen LogP contribution >= 0.6 is 0 Å². The van der Waals surface area contributed by atoms with Gasteiger partial charge in [-0.1, -0.05) is 13.3 Å². The number of ether oxygens (including phenoxy) is 1. The predicted octanol–water partition coefficient (Wildman–Crippen LogP) is 3.28. The Kier molecular flexibility index (Phi) is 9.10. The fourth-order valence-corrected chi connectivity index (χ4v) is 7.18. The summed E-state index contributed by atoms with van der Waals surface area (Å²) in [6, 6.07) is 9.75. The number of nitrogens with zero attached hydrogens (tertiary/aromatic N) is 4. The first-order valence-electron chi connectivity index (χ1n) is 13.2. The zero-order valence-corrected chi connectivity index (χ0v) is 23.0. The Labute approximate surface area is 231 Å². The molecule has 2 N–H and O–H groups in total. The number of unbranched alkanes of at least 4 members (excludes halogenated alkanes) is 1. The third-order valence-electron chi connectivity index (χ3n) is 7.53. The summed E-state index contributed by atoms with van der Waals surface area (Å²) in [6.07, 6.45) is -2.11. The molecule has 0 bridgehead atoms. The summed E-state index contributed by atoms with van der Waals surface area (Å²) in [6.45, 7) is 3.97. The van der Waals surface area contributed by atoms with Crippen molar-refractivity contribution in [2.75, 3.05) is 55.7 Å². The van der Waals surface area contributed by atoms with Gasteiger partial charge in [-0.3, -0.25) is 10.0 Å². The van der Waals surface area contributed by atoms with Crippen molar-refractivity contribution in [1.82, 2.24) is 14.8 Å². The Morgan fingerprint density at radius 1 is 1.02 bits per heavy atom. The number of halogens is 3. The van der Waals surface area contributed by atoms with Crippen LogP contribution in [0.3, 0.4) is 0 Å². The summed E-state index contributed by atoms with van der Waals surface area (Å²) in [4.78, 5) is 20.4. The van der Waals surface area contributed by atoms with Crippen LogP contribution in [0.25, 0.3) is 0 Å². The number of hydrogen-bond acceptors (Lipinski definition) is 8. The number of hydrogen-bond donors (Lipinski definition) is 2. The van der Waals surface area contributed by atoms with E-state index in [2.05, 4.69) is 16.8 Å². The molecule has 2 aliphatic heterocycles. The molecule has 2 fully saturated rings. The maximum Gasteiger partial charge on any atom is 0.417 e. The molecule has 2 aromatic rings. The number of piperazine rings is 1. The molecule has 0 unspecified atom stereocenters. The Bertz CT molecular complexity index is 1240. The molecule has 2 saturated heterocycles. The van der Waals surface area contributed by atoms with Crippen LogP contribution in [0.4, 0.5) is 24.7 Å². The third kappa shape index (κ3) is 6.13. The Morgan fingerprint density at radius 3 is 2.20 bits per heavy atom. The minimum absolute atomic E-state index is 0.0532. The number of alkyl halides is 3. The van der Waals surface area contributed by atoms with Crippen LogP contribution in [0.2, 0.25) is 0 Å². The number of nitrogens with one attached hydrogen (secondary N) is 1. The normalized spacial score (nSPS) is 18.4. The van der Waals surface area contributed by atoms with Crippen LogP contribution in [-0.2, 0) is 21.0 Å². The van der Waals surface area contributed by atoms with Gasteiger partial charge in [-0.25, -0.2) is 18.9 Å². The molecule has 4 rings (SSSR count). The number of anilines is 2. The van der Waals surface area contributed by atoms with E-state index in [-0.39, 0.29) is 44.8 Å². The zero-order valence-electron chi connectivity index (χ0n) is 22.2. The fraction of sp³-hybridized carbons (Fsp3) is 0.538. The SMILES string of the molecule is CCCCOc1ccc(N2CCN(S(=O)(=O)C3(C(=O)NO)CCN(c4ccc(C(F)(F)F)cn4)CC3)CC2)cc1. The molecule has 0 aliphatic carbocycles. The van der Waals surface area contributed by atoms with E-state index in [4.69, 9.17) is 4.74 Å². The number of carbonyl (C=O) groups excluding carboxylic acids is 1. The minimum atomic E-state index is -4.52. The van der Waals surface area contributed by atoms with Crippen LogP contribution in [0.15, 0.2) is 42.6 Å². The summed E-state index contributed by atoms with van der Waals surface area (Å²) in [7, 11) is -4.20. The van der Waals surface area contributed by atoms with E-state index < -0.39 is 32.4 Å². The number of benzene rings is 1. The number of amides is 1. The number of carbonyl (C=O) groups is 1. The lowest BCUT2D eigenvalue weighted by molar-refractivity contribution is -0.137. The largest absolute Gasteiger partial charge is 0.494 e. The quantitative estimate of drug-likeness (QED) is 0.262. The molecule has 1 aromatic carbocycles. The molecule has 14 heteroatoms. The number of piperidine rings is 1. The van der Waals surface area contributed by atoms with Crippen LogP contribution in [0.5, 0.6) is 5.75 Å². The highest BCUT2D eigenvalue weighted by atomic mass is 32.2. The second kappa shape index (κ2) is 12.2. The molecule has 1 aromatic heterocycles. The van der Waals surface area contributed by atoms with Gasteiger partial charge in [0.15, 0.2) is 4.75 Å². The van der Waals surface area contributed by atoms with Crippen molar-refractivity contribution in [3.8, 4) is 5.75 Å². The summed E-state index contributed by atoms with van der Waals surface area (Å²) in [5.74, 6) is 0.000583. The molecular formula is C26H34F3N5O5S. The molecule has 1 amide bonds. The van der Waals surface area contributed by atoms with Crippen molar-refractivity contribution in [3.05, 3.63) is 48.2 Å². The first-order valence-corrected chi connectivity index (χ1v) is 14.7. The molecule has 0 radical (unpaired) electrons. The summed E-state index contributed by atoms with van der Waals surface area (Å²) >= 11 is 0. The summed E-state index contributed by atoms with van der Waals surface area (Å²) < 4.78 is 71.4. The van der Waals surface area contributed by atoms with Gasteiger partial charge in [0.1, 0.15) is 11.6 Å². The Morgan fingerprint density at radius 2 is 1.68 bits per heavy atom. The maximum atomic E-state index is 13.8. The van der Waals surface area contributed by atoms with E-state index in [1.165, 1.54) is 15.9 Å². The van der Waals surface area contributed by atoms with Crippen molar-refractivity contribution in [2.45, 2.75) is 43.5 Å². The highest BCUT2D eigenvalue weighted by molar-refractivity contribution is 7.91. The van der Waals surface area contributed by atoms with Gasteiger partial charge >= 0.3 is 6.18 Å². The number of sulfonamides is 1. The van der Waals surface area contributed by atoms with Crippen LogP contribution in [0.1, 0.15) is 38.2 Å². The topological polar surface area (TPSA) is 115 Å². The van der Waals surface area contributed by atoms with E-state index in [9.17, 15) is 31.6 Å². The summed E-state index contributed by atoms with van der Waals surface area (Å²) in [5, 5.41) is 9.45. The molecule has 0 spiro atoms. The second-order valence-electron chi connectivity index (χ2n) is 9.91. The molecule has 0 atom stereocenters. The zero-order chi connectivity index (χ0) is 29.0. The number of pyridine rings is 1. The molecular weight excluding hydrogens is 551 g/mol. The van der Waals surface area contributed by atoms with E-state index in [0.29, 0.717) is 19.7 Å². The maximum absolute atomic E-state index is 13.8. The van der Waals surface area contributed by atoms with Crippen molar-refractivity contribution >= 4 is 27.4 Å². The first-order chi connectivity index (χ1) is 19.0. The van der Waals surface area contributed by atoms with E-state index in [1.54, 1.807) is 4.90 Å². The smallest absolute Gasteiger partial charge is 0.417 e. The van der Waals surface area contributed by atoms with Gasteiger partial charge in [0.05, 0.1) is 12.2 Å². The third-order valence-corrected chi connectivity index (χ3v) is 10.2. The van der Waals surface area contributed by atoms with E-state index in [0.717, 1.165) is 36.5 Å². The van der Waals surface area contributed by atoms with E-state index >= 15 is 0 Å². The first kappa shape index (κ1) is 29.9. The van der Waals surface area contributed by atoms with Gasteiger partial charge in [0, 0.05) is 51.2 Å². The highest BCUT2D eigenvalue weighted by Gasteiger charge is 2.55. The van der Waals surface area contributed by atoms with E-state index in [1.807, 2.05) is 24.3 Å². The average molecular weight is 586 g/mol. The van der Waals surface area contributed by atoms with Gasteiger partial charge < -0.3 is 14.5 Å². The highest BCUT2D eigenvalue weighted by Crippen LogP contribution is 2.36. The van der Waals surface area contributed by atoms with Gasteiger partial charge in [-0.05, 0) is 55.7 Å². The average Bonchev–Trinajstić information content (AvgIpc) is 2.97. The van der Waals surface area contributed by atoms with Crippen LogP contribution < -0.4 is 20.0 Å². The summed E-state index contributed by atoms with van der Waals surface area (Å²) in [5.41, 5.74) is 1.57. The monoisotopic (exact) mass is 585 g/mol. The molecule has 220 valence electrons. The lowest BCUT2D eigenvalue weighted by Gasteiger charge is -2.44. The molecule has 2 aliphatic rings. The predicted molar refractivity (Wildman–Crippen MR) is 143 cm³/mol. The molecule has 10 nitrogen and oxygen atoms in total. The van der Waals surface area contributed by atoms with Crippen LogP contribution in [-0.4, -0.2) is 79.4 Å². The van der Waals surface area contributed by atoms with Crippen molar-refractivity contribution in [3.63, 3.8) is 0 Å². The fourth-order valence-electron chi connectivity index (χ4n) is 5.06. The number of aromatic nitrogens is 1. The van der Waals surface area contributed by atoms with Gasteiger partial charge in [0.25, 0.3) is 5.91 Å². The number of hydroxylamine groups is 1. The van der Waals surface area contributed by atoms with Crippen LogP contribution in [0, 0.1) is 0 Å². The number of rotatable bonds is 9. The Balaban J connectivity index is 1.42. The van der Waals surface area contributed by atoms with Gasteiger partial charge in [-0.2, -0.15) is 17.5 Å². The molecule has 40 heavy (non-hydrogen) atoms. The lowest BCUT2D eigenvalue weighted by Crippen LogP contribution is -2.63. The van der Waals surface area contributed by atoms with Crippen molar-refractivity contribution in [2.24, 2.45) is 0 Å². The van der Waals surface area contributed by atoms with Crippen molar-refractivity contribution in [1.29, 1.82) is 0 Å².